The predicted octanol–water partition coefficient (Wildman–Crippen LogP) is 1.23. The van der Waals surface area contributed by atoms with E-state index < -0.39 is 9.84 Å². The van der Waals surface area contributed by atoms with Crippen LogP contribution in [0.4, 0.5) is 0 Å². The summed E-state index contributed by atoms with van der Waals surface area (Å²) in [5.41, 5.74) is 0. The second kappa shape index (κ2) is 8.53. The number of hydrogen-bond donors (Lipinski definition) is 0. The largest absolute Gasteiger partial charge is 0.466 e. The molecule has 1 aliphatic heterocycles. The molecular weight excluding hydrogens is 266 g/mol. The number of nitrogens with zero attached hydrogens (tertiary/aromatic N) is 1. The molecule has 0 aliphatic carbocycles. The second-order valence-corrected chi connectivity index (χ2v) is 7.27. The van der Waals surface area contributed by atoms with Crippen molar-refractivity contribution in [3.05, 3.63) is 0 Å². The van der Waals surface area contributed by atoms with Crippen molar-refractivity contribution in [1.29, 1.82) is 0 Å². The number of esters is 1. The van der Waals surface area contributed by atoms with E-state index in [2.05, 4.69) is 4.90 Å². The topological polar surface area (TPSA) is 63.7 Å². The lowest BCUT2D eigenvalue weighted by Crippen LogP contribution is -2.28. The number of ether oxygens (including phenoxy) is 1. The highest BCUT2D eigenvalue weighted by atomic mass is 32.2. The lowest BCUT2D eigenvalue weighted by atomic mass is 10.2. The molecule has 0 N–H and O–H groups in total. The lowest BCUT2D eigenvalue weighted by molar-refractivity contribution is -0.143. The second-order valence-electron chi connectivity index (χ2n) is 4.96. The van der Waals surface area contributed by atoms with Crippen LogP contribution in [-0.4, -0.2) is 57.0 Å². The van der Waals surface area contributed by atoms with Crippen LogP contribution in [0.2, 0.25) is 0 Å². The first-order valence-electron chi connectivity index (χ1n) is 7.12. The van der Waals surface area contributed by atoms with E-state index >= 15 is 0 Å². The molecule has 1 saturated heterocycles. The number of rotatable bonds is 7. The zero-order valence-electron chi connectivity index (χ0n) is 11.8. The molecule has 0 amide bonds. The summed E-state index contributed by atoms with van der Waals surface area (Å²) < 4.78 is 27.8. The molecule has 0 unspecified atom stereocenters. The van der Waals surface area contributed by atoms with Crippen LogP contribution in [0.5, 0.6) is 0 Å². The standard InChI is InChI=1S/C13H25NO4S/c1-2-18-13(15)7-4-3-5-8-14-9-6-11-19(16,17)12-10-14/h2-12H2,1H3. The summed E-state index contributed by atoms with van der Waals surface area (Å²) >= 11 is 0. The molecule has 0 saturated carbocycles. The van der Waals surface area contributed by atoms with Gasteiger partial charge in [-0.1, -0.05) is 6.42 Å². The third-order valence-corrected chi connectivity index (χ3v) is 5.02. The Kier molecular flexibility index (Phi) is 7.38. The molecule has 0 aromatic carbocycles. The van der Waals surface area contributed by atoms with E-state index in [4.69, 9.17) is 4.74 Å². The normalized spacial score (nSPS) is 19.8. The van der Waals surface area contributed by atoms with E-state index in [-0.39, 0.29) is 11.7 Å². The van der Waals surface area contributed by atoms with E-state index in [0.717, 1.165) is 38.8 Å². The van der Waals surface area contributed by atoms with Crippen molar-refractivity contribution >= 4 is 15.8 Å². The average Bonchev–Trinajstić information content (AvgIpc) is 2.51. The van der Waals surface area contributed by atoms with Crippen molar-refractivity contribution < 1.29 is 17.9 Å². The van der Waals surface area contributed by atoms with E-state index in [1.807, 2.05) is 6.92 Å². The molecule has 0 aromatic heterocycles. The SMILES string of the molecule is CCOC(=O)CCCCCN1CCCS(=O)(=O)CC1. The van der Waals surface area contributed by atoms with Crippen molar-refractivity contribution in [3.8, 4) is 0 Å². The summed E-state index contributed by atoms with van der Waals surface area (Å²) in [6.45, 7) is 4.71. The number of carbonyl (C=O) groups excluding carboxylic acids is 1. The first kappa shape index (κ1) is 16.4. The van der Waals surface area contributed by atoms with Crippen LogP contribution < -0.4 is 0 Å². The van der Waals surface area contributed by atoms with Gasteiger partial charge in [-0.25, -0.2) is 8.42 Å². The zero-order chi connectivity index (χ0) is 14.1. The van der Waals surface area contributed by atoms with Gasteiger partial charge in [0.05, 0.1) is 18.1 Å². The van der Waals surface area contributed by atoms with Crippen molar-refractivity contribution in [2.75, 3.05) is 37.7 Å². The number of hydrogen-bond acceptors (Lipinski definition) is 5. The molecule has 0 radical (unpaired) electrons. The maximum atomic E-state index is 11.5. The summed E-state index contributed by atoms with van der Waals surface area (Å²) in [5.74, 6) is 0.491. The fourth-order valence-electron chi connectivity index (χ4n) is 2.23. The highest BCUT2D eigenvalue weighted by molar-refractivity contribution is 7.91. The van der Waals surface area contributed by atoms with E-state index in [0.29, 0.717) is 25.3 Å². The number of unbranched alkanes of at least 4 members (excludes halogenated alkanes) is 2. The van der Waals surface area contributed by atoms with Crippen LogP contribution in [-0.2, 0) is 19.4 Å². The zero-order valence-corrected chi connectivity index (χ0v) is 12.6. The Morgan fingerprint density at radius 3 is 2.68 bits per heavy atom. The van der Waals surface area contributed by atoms with Crippen molar-refractivity contribution in [3.63, 3.8) is 0 Å². The Bertz CT molecular complexity index is 367. The maximum Gasteiger partial charge on any atom is 0.305 e. The van der Waals surface area contributed by atoms with Crippen LogP contribution in [0.1, 0.15) is 39.0 Å². The molecule has 0 aromatic rings. The smallest absolute Gasteiger partial charge is 0.305 e. The summed E-state index contributed by atoms with van der Waals surface area (Å²) in [6.07, 6.45) is 4.08. The summed E-state index contributed by atoms with van der Waals surface area (Å²) in [5, 5.41) is 0. The van der Waals surface area contributed by atoms with E-state index in [1.54, 1.807) is 0 Å². The van der Waals surface area contributed by atoms with Gasteiger partial charge in [0, 0.05) is 13.0 Å². The molecular formula is C13H25NO4S. The Morgan fingerprint density at radius 1 is 1.16 bits per heavy atom. The van der Waals surface area contributed by atoms with Gasteiger partial charge in [-0.05, 0) is 39.3 Å². The summed E-state index contributed by atoms with van der Waals surface area (Å²) in [4.78, 5) is 13.3. The van der Waals surface area contributed by atoms with Gasteiger partial charge in [-0.2, -0.15) is 0 Å². The van der Waals surface area contributed by atoms with Crippen LogP contribution in [0.3, 0.4) is 0 Å². The van der Waals surface area contributed by atoms with Crippen LogP contribution >= 0.6 is 0 Å². The van der Waals surface area contributed by atoms with Gasteiger partial charge < -0.3 is 9.64 Å². The fourth-order valence-corrected chi connectivity index (χ4v) is 3.54. The Balaban J connectivity index is 2.08. The minimum Gasteiger partial charge on any atom is -0.466 e. The summed E-state index contributed by atoms with van der Waals surface area (Å²) in [6, 6.07) is 0. The quantitative estimate of drug-likeness (QED) is 0.521. The Hall–Kier alpha value is -0.620. The fraction of sp³-hybridized carbons (Fsp3) is 0.923. The first-order chi connectivity index (χ1) is 9.03. The molecule has 0 spiro atoms. The number of sulfone groups is 1. The molecule has 5 nitrogen and oxygen atoms in total. The molecule has 19 heavy (non-hydrogen) atoms. The molecule has 6 heteroatoms. The van der Waals surface area contributed by atoms with E-state index in [9.17, 15) is 13.2 Å². The highest BCUT2D eigenvalue weighted by Crippen LogP contribution is 2.08. The molecule has 0 bridgehead atoms. The first-order valence-corrected chi connectivity index (χ1v) is 8.94. The van der Waals surface area contributed by atoms with Gasteiger partial charge in [-0.15, -0.1) is 0 Å². The third-order valence-electron chi connectivity index (χ3n) is 3.31. The molecule has 1 fully saturated rings. The Morgan fingerprint density at radius 2 is 1.95 bits per heavy atom. The highest BCUT2D eigenvalue weighted by Gasteiger charge is 2.18. The van der Waals surface area contributed by atoms with Crippen molar-refractivity contribution in [1.82, 2.24) is 4.90 Å². The van der Waals surface area contributed by atoms with Gasteiger partial charge in [0.2, 0.25) is 0 Å². The van der Waals surface area contributed by atoms with Gasteiger partial charge in [0.15, 0.2) is 9.84 Å². The molecule has 1 heterocycles. The van der Waals surface area contributed by atoms with Gasteiger partial charge >= 0.3 is 5.97 Å². The van der Waals surface area contributed by atoms with Gasteiger partial charge in [0.25, 0.3) is 0 Å². The third kappa shape index (κ3) is 7.52. The lowest BCUT2D eigenvalue weighted by Gasteiger charge is -2.18. The van der Waals surface area contributed by atoms with Crippen molar-refractivity contribution in [2.45, 2.75) is 39.0 Å². The molecule has 1 rings (SSSR count). The maximum absolute atomic E-state index is 11.5. The number of carbonyl (C=O) groups is 1. The van der Waals surface area contributed by atoms with Gasteiger partial charge in [0.1, 0.15) is 0 Å². The van der Waals surface area contributed by atoms with Crippen LogP contribution in [0.15, 0.2) is 0 Å². The minimum atomic E-state index is -2.81. The molecule has 1 aliphatic rings. The van der Waals surface area contributed by atoms with E-state index in [1.165, 1.54) is 0 Å². The van der Waals surface area contributed by atoms with Crippen LogP contribution in [0, 0.1) is 0 Å². The van der Waals surface area contributed by atoms with Gasteiger partial charge in [-0.3, -0.25) is 4.79 Å². The van der Waals surface area contributed by atoms with Crippen LogP contribution in [0.25, 0.3) is 0 Å². The minimum absolute atomic E-state index is 0.122. The monoisotopic (exact) mass is 291 g/mol. The Labute approximate surface area is 116 Å². The average molecular weight is 291 g/mol. The van der Waals surface area contributed by atoms with Crippen molar-refractivity contribution in [2.24, 2.45) is 0 Å². The molecule has 112 valence electrons. The predicted molar refractivity (Wildman–Crippen MR) is 74.8 cm³/mol. The summed E-state index contributed by atoms with van der Waals surface area (Å²) in [7, 11) is -2.81. The molecule has 0 atom stereocenters.